The van der Waals surface area contributed by atoms with E-state index in [2.05, 4.69) is 10.3 Å². The molecule has 5 nitrogen and oxygen atoms in total. The topological polar surface area (TPSA) is 72.2 Å². The van der Waals surface area contributed by atoms with E-state index in [1.807, 2.05) is 36.4 Å². The summed E-state index contributed by atoms with van der Waals surface area (Å²) in [6, 6.07) is 12.8. The molecular formula is C17H14N2O3S. The van der Waals surface area contributed by atoms with Crippen molar-refractivity contribution in [2.45, 2.75) is 11.9 Å². The van der Waals surface area contributed by atoms with Gasteiger partial charge in [-0.1, -0.05) is 30.0 Å². The number of carbonyl (C=O) groups is 2. The molecule has 116 valence electrons. The van der Waals surface area contributed by atoms with Gasteiger partial charge in [-0.25, -0.2) is 4.98 Å². The number of rotatable bonds is 5. The lowest BCUT2D eigenvalue weighted by Crippen LogP contribution is -2.15. The van der Waals surface area contributed by atoms with Crippen LogP contribution in [0, 0.1) is 0 Å². The van der Waals surface area contributed by atoms with Crippen LogP contribution in [0.15, 0.2) is 58.1 Å². The highest BCUT2D eigenvalue weighted by atomic mass is 32.2. The number of furan rings is 1. The van der Waals surface area contributed by atoms with Gasteiger partial charge in [0.15, 0.2) is 11.5 Å². The van der Waals surface area contributed by atoms with Crippen molar-refractivity contribution in [2.75, 3.05) is 11.1 Å². The third-order valence-corrected chi connectivity index (χ3v) is 4.11. The molecule has 23 heavy (non-hydrogen) atoms. The molecule has 0 aliphatic rings. The van der Waals surface area contributed by atoms with E-state index >= 15 is 0 Å². The van der Waals surface area contributed by atoms with Gasteiger partial charge in [-0.2, -0.15) is 0 Å². The predicted octanol–water partition coefficient (Wildman–Crippen LogP) is 3.76. The normalized spacial score (nSPS) is 10.7. The third kappa shape index (κ3) is 3.43. The van der Waals surface area contributed by atoms with Crippen LogP contribution in [0.2, 0.25) is 0 Å². The number of nitrogens with zero attached hydrogens (tertiary/aromatic N) is 1. The van der Waals surface area contributed by atoms with Gasteiger partial charge in [0.1, 0.15) is 5.58 Å². The Labute approximate surface area is 137 Å². The van der Waals surface area contributed by atoms with Gasteiger partial charge in [0, 0.05) is 18.5 Å². The standard InChI is InChI=1S/C17H14N2O3S/c1-11(20)17-16(12-6-2-3-7-13(12)22-17)19-14(21)10-23-15-8-4-5-9-18-15/h2-9H,10H2,1H3,(H,19,21). The minimum atomic E-state index is -0.228. The Morgan fingerprint density at radius 1 is 1.17 bits per heavy atom. The van der Waals surface area contributed by atoms with Crippen molar-refractivity contribution in [1.82, 2.24) is 4.98 Å². The van der Waals surface area contributed by atoms with E-state index in [0.717, 1.165) is 5.03 Å². The average molecular weight is 326 g/mol. The van der Waals surface area contributed by atoms with Crippen LogP contribution in [-0.4, -0.2) is 22.4 Å². The highest BCUT2D eigenvalue weighted by Gasteiger charge is 2.19. The lowest BCUT2D eigenvalue weighted by Gasteiger charge is -2.04. The van der Waals surface area contributed by atoms with Crippen molar-refractivity contribution < 1.29 is 14.0 Å². The van der Waals surface area contributed by atoms with Gasteiger partial charge in [0.25, 0.3) is 0 Å². The molecule has 0 radical (unpaired) electrons. The number of pyridine rings is 1. The maximum atomic E-state index is 12.2. The van der Waals surface area contributed by atoms with E-state index < -0.39 is 0 Å². The van der Waals surface area contributed by atoms with E-state index in [0.29, 0.717) is 16.7 Å². The molecule has 1 aromatic carbocycles. The first-order chi connectivity index (χ1) is 11.1. The highest BCUT2D eigenvalue weighted by molar-refractivity contribution is 7.99. The van der Waals surface area contributed by atoms with Gasteiger partial charge in [-0.15, -0.1) is 0 Å². The van der Waals surface area contributed by atoms with Crippen molar-refractivity contribution in [1.29, 1.82) is 0 Å². The van der Waals surface area contributed by atoms with Gasteiger partial charge in [0.05, 0.1) is 16.5 Å². The second-order valence-electron chi connectivity index (χ2n) is 4.86. The van der Waals surface area contributed by atoms with E-state index in [4.69, 9.17) is 4.42 Å². The molecule has 0 saturated heterocycles. The molecule has 2 aromatic heterocycles. The molecule has 3 rings (SSSR count). The van der Waals surface area contributed by atoms with Crippen molar-refractivity contribution in [3.8, 4) is 0 Å². The first-order valence-electron chi connectivity index (χ1n) is 7.01. The maximum absolute atomic E-state index is 12.2. The number of amides is 1. The Morgan fingerprint density at radius 3 is 2.70 bits per heavy atom. The summed E-state index contributed by atoms with van der Waals surface area (Å²) in [6.45, 7) is 1.41. The number of carbonyl (C=O) groups excluding carboxylic acids is 2. The maximum Gasteiger partial charge on any atom is 0.234 e. The molecule has 0 spiro atoms. The second kappa shape index (κ2) is 6.66. The summed E-state index contributed by atoms with van der Waals surface area (Å²) in [5, 5.41) is 4.27. The number of hydrogen-bond acceptors (Lipinski definition) is 5. The minimum Gasteiger partial charge on any atom is -0.451 e. The van der Waals surface area contributed by atoms with E-state index in [1.54, 1.807) is 12.3 Å². The van der Waals surface area contributed by atoms with E-state index in [-0.39, 0.29) is 23.2 Å². The number of hydrogen-bond donors (Lipinski definition) is 1. The molecule has 0 unspecified atom stereocenters. The van der Waals surface area contributed by atoms with Gasteiger partial charge in [-0.05, 0) is 24.3 Å². The van der Waals surface area contributed by atoms with Gasteiger partial charge in [0.2, 0.25) is 5.91 Å². The van der Waals surface area contributed by atoms with Crippen molar-refractivity contribution in [2.24, 2.45) is 0 Å². The number of thioether (sulfide) groups is 1. The Bertz CT molecular complexity index is 859. The first kappa shape index (κ1) is 15.3. The second-order valence-corrected chi connectivity index (χ2v) is 5.86. The number of benzene rings is 1. The summed E-state index contributed by atoms with van der Waals surface area (Å²) in [5.74, 6) is -0.0700. The first-order valence-corrected chi connectivity index (χ1v) is 8.00. The van der Waals surface area contributed by atoms with Gasteiger partial charge >= 0.3 is 0 Å². The van der Waals surface area contributed by atoms with Crippen LogP contribution in [0.4, 0.5) is 5.69 Å². The number of aromatic nitrogens is 1. The smallest absolute Gasteiger partial charge is 0.234 e. The number of para-hydroxylation sites is 1. The fourth-order valence-corrected chi connectivity index (χ4v) is 2.83. The molecule has 1 amide bonds. The zero-order valence-corrected chi connectivity index (χ0v) is 13.2. The Balaban J connectivity index is 1.79. The molecule has 0 bridgehead atoms. The van der Waals surface area contributed by atoms with Gasteiger partial charge in [-0.3, -0.25) is 9.59 Å². The summed E-state index contributed by atoms with van der Waals surface area (Å²) in [5.41, 5.74) is 1.00. The summed E-state index contributed by atoms with van der Waals surface area (Å²) >= 11 is 1.33. The van der Waals surface area contributed by atoms with Crippen molar-refractivity contribution in [3.05, 3.63) is 54.4 Å². The molecule has 3 aromatic rings. The molecule has 1 N–H and O–H groups in total. The number of Topliss-reactive ketones (excluding diaryl/α,β-unsaturated/α-hetero) is 1. The average Bonchev–Trinajstić information content (AvgIpc) is 2.93. The molecule has 0 atom stereocenters. The molecule has 6 heteroatoms. The van der Waals surface area contributed by atoms with E-state index in [1.165, 1.54) is 18.7 Å². The Morgan fingerprint density at radius 2 is 1.96 bits per heavy atom. The number of fused-ring (bicyclic) bond motifs is 1. The summed E-state index contributed by atoms with van der Waals surface area (Å²) in [6.07, 6.45) is 1.68. The molecule has 0 aliphatic carbocycles. The number of nitrogens with one attached hydrogen (secondary N) is 1. The van der Waals surface area contributed by atoms with Crippen LogP contribution >= 0.6 is 11.8 Å². The fraction of sp³-hybridized carbons (Fsp3) is 0.118. The molecule has 0 saturated carbocycles. The van der Waals surface area contributed by atoms with Crippen LogP contribution in [0.3, 0.4) is 0 Å². The monoisotopic (exact) mass is 326 g/mol. The van der Waals surface area contributed by atoms with Crippen LogP contribution in [0.25, 0.3) is 11.0 Å². The molecular weight excluding hydrogens is 312 g/mol. The SMILES string of the molecule is CC(=O)c1oc2ccccc2c1NC(=O)CSc1ccccn1. The number of anilines is 1. The summed E-state index contributed by atoms with van der Waals surface area (Å²) < 4.78 is 5.54. The summed E-state index contributed by atoms with van der Waals surface area (Å²) in [4.78, 5) is 28.1. The Kier molecular flexibility index (Phi) is 4.43. The fourth-order valence-electron chi connectivity index (χ4n) is 2.16. The lowest BCUT2D eigenvalue weighted by atomic mass is 10.2. The zero-order chi connectivity index (χ0) is 16.2. The molecule has 0 aliphatic heterocycles. The summed E-state index contributed by atoms with van der Waals surface area (Å²) in [7, 11) is 0. The zero-order valence-electron chi connectivity index (χ0n) is 12.4. The van der Waals surface area contributed by atoms with Crippen LogP contribution < -0.4 is 5.32 Å². The van der Waals surface area contributed by atoms with E-state index in [9.17, 15) is 9.59 Å². The lowest BCUT2D eigenvalue weighted by molar-refractivity contribution is -0.113. The third-order valence-electron chi connectivity index (χ3n) is 3.17. The minimum absolute atomic E-state index is 0.169. The molecule has 2 heterocycles. The van der Waals surface area contributed by atoms with Crippen molar-refractivity contribution in [3.63, 3.8) is 0 Å². The predicted molar refractivity (Wildman–Crippen MR) is 89.8 cm³/mol. The molecule has 0 fully saturated rings. The van der Waals surface area contributed by atoms with Crippen LogP contribution in [0.1, 0.15) is 17.5 Å². The van der Waals surface area contributed by atoms with Crippen molar-refractivity contribution >= 4 is 40.1 Å². The number of ketones is 1. The Hall–Kier alpha value is -2.60. The van der Waals surface area contributed by atoms with Crippen LogP contribution in [-0.2, 0) is 4.79 Å². The quantitative estimate of drug-likeness (QED) is 0.571. The van der Waals surface area contributed by atoms with Gasteiger partial charge < -0.3 is 9.73 Å². The van der Waals surface area contributed by atoms with Crippen LogP contribution in [0.5, 0.6) is 0 Å². The largest absolute Gasteiger partial charge is 0.451 e. The highest BCUT2D eigenvalue weighted by Crippen LogP contribution is 2.31.